The van der Waals surface area contributed by atoms with E-state index in [1.54, 1.807) is 4.90 Å². The van der Waals surface area contributed by atoms with Crippen LogP contribution in [0.15, 0.2) is 24.3 Å². The van der Waals surface area contributed by atoms with E-state index in [4.69, 9.17) is 4.74 Å². The first-order valence-corrected chi connectivity index (χ1v) is 8.65. The number of carbonyl (C=O) groups excluding carboxylic acids is 1. The molecule has 0 spiro atoms. The number of rotatable bonds is 3. The van der Waals surface area contributed by atoms with Crippen molar-refractivity contribution >= 4 is 17.6 Å². The van der Waals surface area contributed by atoms with E-state index >= 15 is 0 Å². The number of H-pyrrole nitrogens is 1. The molecule has 0 atom stereocenters. The Morgan fingerprint density at radius 1 is 1.15 bits per heavy atom. The van der Waals surface area contributed by atoms with E-state index in [1.165, 1.54) is 0 Å². The number of para-hydroxylation sites is 1. The van der Waals surface area contributed by atoms with Crippen LogP contribution in [0.25, 0.3) is 0 Å². The van der Waals surface area contributed by atoms with Gasteiger partial charge in [-0.1, -0.05) is 12.1 Å². The average molecular weight is 356 g/mol. The van der Waals surface area contributed by atoms with Gasteiger partial charge in [-0.25, -0.2) is 4.79 Å². The molecule has 2 aliphatic rings. The van der Waals surface area contributed by atoms with Crippen LogP contribution < -0.4 is 4.90 Å². The Kier molecular flexibility index (Phi) is 4.34. The Labute approximate surface area is 150 Å². The van der Waals surface area contributed by atoms with Crippen molar-refractivity contribution in [1.29, 1.82) is 0 Å². The van der Waals surface area contributed by atoms with E-state index in [0.717, 1.165) is 24.5 Å². The molecular weight excluding hydrogens is 336 g/mol. The molecule has 2 N–H and O–H groups in total. The second-order valence-corrected chi connectivity index (χ2v) is 6.43. The first-order chi connectivity index (χ1) is 12.6. The van der Waals surface area contributed by atoms with Crippen LogP contribution in [0.3, 0.4) is 0 Å². The Bertz CT molecular complexity index is 841. The summed E-state index contributed by atoms with van der Waals surface area (Å²) in [7, 11) is 0. The van der Waals surface area contributed by atoms with Crippen LogP contribution in [0, 0.1) is 0 Å². The Hall–Kier alpha value is -2.87. The lowest BCUT2D eigenvalue weighted by Crippen LogP contribution is -2.40. The number of nitrogens with one attached hydrogen (secondary N) is 1. The minimum atomic E-state index is -1.08. The summed E-state index contributed by atoms with van der Waals surface area (Å²) in [5.74, 6) is -1.17. The van der Waals surface area contributed by atoms with Gasteiger partial charge in [0.1, 0.15) is 0 Å². The number of carboxylic acids is 1. The lowest BCUT2D eigenvalue weighted by atomic mass is 10.0. The first-order valence-electron chi connectivity index (χ1n) is 8.65. The summed E-state index contributed by atoms with van der Waals surface area (Å²) in [4.78, 5) is 28.4. The van der Waals surface area contributed by atoms with Gasteiger partial charge in [0.05, 0.1) is 25.3 Å². The fourth-order valence-electron chi connectivity index (χ4n) is 3.55. The number of benzene rings is 1. The number of hydrogen-bond donors (Lipinski definition) is 2. The standard InChI is InChI=1S/C18H20N4O4/c23-17(12-3-1-2-4-15(12)21-7-9-26-10-8-21)22-6-5-14-13(11-22)16(18(24)25)20-19-14/h1-4H,5-11H2,(H,19,20)(H,24,25). The van der Waals surface area contributed by atoms with Crippen LogP contribution in [0.1, 0.15) is 32.1 Å². The molecule has 1 fully saturated rings. The number of amides is 1. The number of aromatic amines is 1. The lowest BCUT2D eigenvalue weighted by molar-refractivity contribution is 0.0674. The van der Waals surface area contributed by atoms with Gasteiger partial charge >= 0.3 is 5.97 Å². The van der Waals surface area contributed by atoms with Gasteiger partial charge in [0.25, 0.3) is 5.91 Å². The van der Waals surface area contributed by atoms with Crippen LogP contribution in [-0.2, 0) is 17.7 Å². The van der Waals surface area contributed by atoms with E-state index in [-0.39, 0.29) is 18.1 Å². The monoisotopic (exact) mass is 356 g/mol. The minimum absolute atomic E-state index is 0.000959. The Balaban J connectivity index is 1.61. The van der Waals surface area contributed by atoms with Crippen molar-refractivity contribution in [3.63, 3.8) is 0 Å². The fourth-order valence-corrected chi connectivity index (χ4v) is 3.55. The molecule has 1 amide bonds. The van der Waals surface area contributed by atoms with Crippen LogP contribution in [0.4, 0.5) is 5.69 Å². The third kappa shape index (κ3) is 2.92. The molecule has 0 radical (unpaired) electrons. The van der Waals surface area contributed by atoms with Gasteiger partial charge in [-0.15, -0.1) is 0 Å². The highest BCUT2D eigenvalue weighted by atomic mass is 16.5. The van der Waals surface area contributed by atoms with Crippen LogP contribution >= 0.6 is 0 Å². The molecule has 2 aliphatic heterocycles. The SMILES string of the molecule is O=C(O)c1n[nH]c2c1CN(C(=O)c1ccccc1N1CCOCC1)CC2. The molecule has 8 heteroatoms. The van der Waals surface area contributed by atoms with Crippen molar-refractivity contribution in [3.8, 4) is 0 Å². The largest absolute Gasteiger partial charge is 0.476 e. The number of fused-ring (bicyclic) bond motifs is 1. The van der Waals surface area contributed by atoms with Gasteiger partial charge in [-0.05, 0) is 12.1 Å². The number of ether oxygens (including phenoxy) is 1. The van der Waals surface area contributed by atoms with E-state index < -0.39 is 5.97 Å². The van der Waals surface area contributed by atoms with Gasteiger partial charge < -0.3 is 19.6 Å². The summed E-state index contributed by atoms with van der Waals surface area (Å²) in [6.45, 7) is 3.58. The van der Waals surface area contributed by atoms with E-state index in [2.05, 4.69) is 15.1 Å². The number of anilines is 1. The normalized spacial score (nSPS) is 17.1. The van der Waals surface area contributed by atoms with Gasteiger partial charge in [0.15, 0.2) is 5.69 Å². The second kappa shape index (κ2) is 6.80. The second-order valence-electron chi connectivity index (χ2n) is 6.43. The number of nitrogens with zero attached hydrogens (tertiary/aromatic N) is 3. The van der Waals surface area contributed by atoms with Crippen LogP contribution in [0.5, 0.6) is 0 Å². The molecule has 8 nitrogen and oxygen atoms in total. The van der Waals surface area contributed by atoms with Crippen molar-refractivity contribution in [2.75, 3.05) is 37.7 Å². The van der Waals surface area contributed by atoms with Gasteiger partial charge in [-0.3, -0.25) is 9.89 Å². The summed E-state index contributed by atoms with van der Waals surface area (Å²) in [6, 6.07) is 7.56. The van der Waals surface area contributed by atoms with Crippen molar-refractivity contribution in [2.45, 2.75) is 13.0 Å². The molecule has 1 saturated heterocycles. The highest BCUT2D eigenvalue weighted by Gasteiger charge is 2.29. The highest BCUT2D eigenvalue weighted by Crippen LogP contribution is 2.26. The Morgan fingerprint density at radius 3 is 2.69 bits per heavy atom. The number of carboxylic acid groups (broad SMARTS) is 1. The quantitative estimate of drug-likeness (QED) is 0.856. The molecule has 0 unspecified atom stereocenters. The zero-order valence-electron chi connectivity index (χ0n) is 14.3. The molecule has 0 bridgehead atoms. The third-order valence-corrected chi connectivity index (χ3v) is 4.91. The molecule has 1 aromatic heterocycles. The van der Waals surface area contributed by atoms with E-state index in [0.29, 0.717) is 37.3 Å². The summed E-state index contributed by atoms with van der Waals surface area (Å²) in [5.41, 5.74) is 2.93. The van der Waals surface area contributed by atoms with Gasteiger partial charge in [0, 0.05) is 43.0 Å². The number of aromatic carboxylic acids is 1. The smallest absolute Gasteiger partial charge is 0.356 e. The predicted molar refractivity (Wildman–Crippen MR) is 93.5 cm³/mol. The highest BCUT2D eigenvalue weighted by molar-refractivity contribution is 6.00. The molecule has 1 aromatic carbocycles. The summed E-state index contributed by atoms with van der Waals surface area (Å²) in [5, 5.41) is 15.9. The van der Waals surface area contributed by atoms with Crippen molar-refractivity contribution < 1.29 is 19.4 Å². The van der Waals surface area contributed by atoms with Crippen molar-refractivity contribution in [2.24, 2.45) is 0 Å². The predicted octanol–water partition coefficient (Wildman–Crippen LogP) is 1.14. The summed E-state index contributed by atoms with van der Waals surface area (Å²) in [6.07, 6.45) is 0.571. The maximum Gasteiger partial charge on any atom is 0.356 e. The third-order valence-electron chi connectivity index (χ3n) is 4.91. The fraction of sp³-hybridized carbons (Fsp3) is 0.389. The molecular formula is C18H20N4O4. The maximum absolute atomic E-state index is 13.2. The minimum Gasteiger partial charge on any atom is -0.476 e. The first kappa shape index (κ1) is 16.6. The van der Waals surface area contributed by atoms with E-state index in [1.807, 2.05) is 24.3 Å². The average Bonchev–Trinajstić information content (AvgIpc) is 3.11. The molecule has 136 valence electrons. The van der Waals surface area contributed by atoms with Crippen LogP contribution in [0.2, 0.25) is 0 Å². The zero-order chi connectivity index (χ0) is 18.1. The van der Waals surface area contributed by atoms with Crippen molar-refractivity contribution in [3.05, 3.63) is 46.8 Å². The molecule has 4 rings (SSSR count). The van der Waals surface area contributed by atoms with Gasteiger partial charge in [-0.2, -0.15) is 5.10 Å². The van der Waals surface area contributed by atoms with E-state index in [9.17, 15) is 14.7 Å². The lowest BCUT2D eigenvalue weighted by Gasteiger charge is -2.32. The number of hydrogen-bond acceptors (Lipinski definition) is 5. The Morgan fingerprint density at radius 2 is 1.92 bits per heavy atom. The zero-order valence-corrected chi connectivity index (χ0v) is 14.3. The summed E-state index contributed by atoms with van der Waals surface area (Å²) >= 11 is 0. The molecule has 26 heavy (non-hydrogen) atoms. The number of aromatic nitrogens is 2. The number of carbonyl (C=O) groups is 2. The summed E-state index contributed by atoms with van der Waals surface area (Å²) < 4.78 is 5.40. The van der Waals surface area contributed by atoms with Gasteiger partial charge in [0.2, 0.25) is 0 Å². The molecule has 2 aromatic rings. The molecule has 0 aliphatic carbocycles. The van der Waals surface area contributed by atoms with Crippen molar-refractivity contribution in [1.82, 2.24) is 15.1 Å². The maximum atomic E-state index is 13.2. The molecule has 3 heterocycles. The molecule has 0 saturated carbocycles. The topological polar surface area (TPSA) is 98.8 Å². The number of morpholine rings is 1. The van der Waals surface area contributed by atoms with Crippen LogP contribution in [-0.4, -0.2) is 64.9 Å².